The van der Waals surface area contributed by atoms with Gasteiger partial charge in [0.05, 0.1) is 18.8 Å². The fourth-order valence-corrected chi connectivity index (χ4v) is 2.36. The lowest BCUT2D eigenvalue weighted by molar-refractivity contribution is 0.0135. The highest BCUT2D eigenvalue weighted by Crippen LogP contribution is 2.38. The van der Waals surface area contributed by atoms with Crippen LogP contribution < -0.4 is 0 Å². The molecule has 0 amide bonds. The molecule has 1 aliphatic heterocycles. The van der Waals surface area contributed by atoms with Gasteiger partial charge < -0.3 is 9.47 Å². The summed E-state index contributed by atoms with van der Waals surface area (Å²) in [6.07, 6.45) is 4.90. The third-order valence-electron chi connectivity index (χ3n) is 3.27. The molecule has 2 fully saturated rings. The third-order valence-corrected chi connectivity index (χ3v) is 3.27. The monoisotopic (exact) mass is 204 g/mol. The zero-order valence-corrected chi connectivity index (χ0v) is 8.76. The smallest absolute Gasteiger partial charge is 0.110 e. The van der Waals surface area contributed by atoms with Crippen molar-refractivity contribution in [2.24, 2.45) is 0 Å². The van der Waals surface area contributed by atoms with Crippen molar-refractivity contribution < 1.29 is 9.47 Å². The first-order valence-corrected chi connectivity index (χ1v) is 5.74. The van der Waals surface area contributed by atoms with Crippen LogP contribution in [-0.2, 0) is 16.1 Å². The fourth-order valence-electron chi connectivity index (χ4n) is 2.36. The van der Waals surface area contributed by atoms with Crippen molar-refractivity contribution in [2.75, 3.05) is 0 Å². The Morgan fingerprint density at radius 1 is 1.20 bits per heavy atom. The summed E-state index contributed by atoms with van der Waals surface area (Å²) in [6, 6.07) is 10.3. The summed E-state index contributed by atoms with van der Waals surface area (Å²) in [4.78, 5) is 0. The molecule has 0 radical (unpaired) electrons. The Bertz CT molecular complexity index is 323. The number of hydrogen-bond donors (Lipinski definition) is 0. The molecule has 15 heavy (non-hydrogen) atoms. The molecule has 1 aliphatic carbocycles. The largest absolute Gasteiger partial charge is 0.371 e. The summed E-state index contributed by atoms with van der Waals surface area (Å²) < 4.78 is 11.5. The number of hydrogen-bond acceptors (Lipinski definition) is 2. The van der Waals surface area contributed by atoms with Crippen molar-refractivity contribution in [3.05, 3.63) is 35.9 Å². The molecule has 3 unspecified atom stereocenters. The molecule has 1 saturated carbocycles. The Morgan fingerprint density at radius 2 is 2.07 bits per heavy atom. The lowest BCUT2D eigenvalue weighted by Gasteiger charge is -2.18. The Kier molecular flexibility index (Phi) is 2.47. The molecule has 2 aliphatic rings. The SMILES string of the molecule is c1ccc(COC2CCCC3OC23)cc1. The summed E-state index contributed by atoms with van der Waals surface area (Å²) in [5, 5.41) is 0. The maximum Gasteiger partial charge on any atom is 0.110 e. The van der Waals surface area contributed by atoms with Crippen LogP contribution in [0.5, 0.6) is 0 Å². The maximum atomic E-state index is 5.90. The summed E-state index contributed by atoms with van der Waals surface area (Å²) in [5.41, 5.74) is 1.25. The predicted molar refractivity (Wildman–Crippen MR) is 57.5 cm³/mol. The van der Waals surface area contributed by atoms with Gasteiger partial charge in [-0.15, -0.1) is 0 Å². The molecule has 2 heteroatoms. The lowest BCUT2D eigenvalue weighted by Crippen LogP contribution is -2.25. The summed E-state index contributed by atoms with van der Waals surface area (Å²) >= 11 is 0. The van der Waals surface area contributed by atoms with Crippen LogP contribution in [0.3, 0.4) is 0 Å². The summed E-state index contributed by atoms with van der Waals surface area (Å²) in [5.74, 6) is 0. The standard InChI is InChI=1S/C13H16O2/c1-2-5-10(6-3-1)9-14-11-7-4-8-12-13(11)15-12/h1-3,5-6,11-13H,4,7-9H2. The first-order chi connectivity index (χ1) is 7.43. The molecular formula is C13H16O2. The van der Waals surface area contributed by atoms with Crippen LogP contribution in [0.2, 0.25) is 0 Å². The van der Waals surface area contributed by atoms with Crippen molar-refractivity contribution in [3.8, 4) is 0 Å². The van der Waals surface area contributed by atoms with Gasteiger partial charge in [-0.05, 0) is 24.8 Å². The van der Waals surface area contributed by atoms with Gasteiger partial charge in [-0.1, -0.05) is 30.3 Å². The number of epoxide rings is 1. The van der Waals surface area contributed by atoms with Crippen molar-refractivity contribution in [1.29, 1.82) is 0 Å². The summed E-state index contributed by atoms with van der Waals surface area (Å²) in [7, 11) is 0. The first kappa shape index (κ1) is 9.37. The van der Waals surface area contributed by atoms with Crippen LogP contribution in [0.15, 0.2) is 30.3 Å². The Morgan fingerprint density at radius 3 is 2.93 bits per heavy atom. The van der Waals surface area contributed by atoms with E-state index in [1.165, 1.54) is 18.4 Å². The van der Waals surface area contributed by atoms with Gasteiger partial charge in [0, 0.05) is 0 Å². The van der Waals surface area contributed by atoms with E-state index in [1.807, 2.05) is 6.07 Å². The first-order valence-electron chi connectivity index (χ1n) is 5.74. The van der Waals surface area contributed by atoms with E-state index in [4.69, 9.17) is 9.47 Å². The van der Waals surface area contributed by atoms with Gasteiger partial charge in [-0.2, -0.15) is 0 Å². The van der Waals surface area contributed by atoms with E-state index >= 15 is 0 Å². The van der Waals surface area contributed by atoms with Gasteiger partial charge in [-0.25, -0.2) is 0 Å². The topological polar surface area (TPSA) is 21.8 Å². The molecule has 0 aromatic heterocycles. The lowest BCUT2D eigenvalue weighted by atomic mass is 9.98. The second-order valence-electron chi connectivity index (χ2n) is 4.41. The van der Waals surface area contributed by atoms with E-state index in [2.05, 4.69) is 24.3 Å². The maximum absolute atomic E-state index is 5.90. The molecule has 3 atom stereocenters. The average molecular weight is 204 g/mol. The molecule has 80 valence electrons. The molecule has 0 spiro atoms. The van der Waals surface area contributed by atoms with Gasteiger partial charge in [0.15, 0.2) is 0 Å². The van der Waals surface area contributed by atoms with Crippen LogP contribution in [0.1, 0.15) is 24.8 Å². The minimum Gasteiger partial charge on any atom is -0.371 e. The van der Waals surface area contributed by atoms with E-state index < -0.39 is 0 Å². The van der Waals surface area contributed by atoms with Crippen LogP contribution in [0, 0.1) is 0 Å². The highest BCUT2D eigenvalue weighted by molar-refractivity contribution is 5.13. The molecule has 1 heterocycles. The number of fused-ring (bicyclic) bond motifs is 1. The van der Waals surface area contributed by atoms with Gasteiger partial charge in [0.25, 0.3) is 0 Å². The number of ether oxygens (including phenoxy) is 2. The Balaban J connectivity index is 1.54. The van der Waals surface area contributed by atoms with Gasteiger partial charge >= 0.3 is 0 Å². The average Bonchev–Trinajstić information content (AvgIpc) is 3.07. The normalized spacial score (nSPS) is 33.5. The Hall–Kier alpha value is -0.860. The molecular weight excluding hydrogens is 188 g/mol. The van der Waals surface area contributed by atoms with E-state index in [1.54, 1.807) is 0 Å². The molecule has 3 rings (SSSR count). The number of benzene rings is 1. The minimum atomic E-state index is 0.337. The Labute approximate surface area is 90.2 Å². The molecule has 2 nitrogen and oxygen atoms in total. The van der Waals surface area contributed by atoms with Crippen molar-refractivity contribution in [3.63, 3.8) is 0 Å². The zero-order valence-electron chi connectivity index (χ0n) is 8.76. The van der Waals surface area contributed by atoms with Crippen LogP contribution in [0.25, 0.3) is 0 Å². The highest BCUT2D eigenvalue weighted by atomic mass is 16.6. The molecule has 1 aromatic rings. The second kappa shape index (κ2) is 3.95. The van der Waals surface area contributed by atoms with Gasteiger partial charge in [-0.3, -0.25) is 0 Å². The molecule has 1 saturated heterocycles. The number of rotatable bonds is 3. The van der Waals surface area contributed by atoms with E-state index in [9.17, 15) is 0 Å². The minimum absolute atomic E-state index is 0.337. The predicted octanol–water partition coefficient (Wildman–Crippen LogP) is 2.52. The zero-order chi connectivity index (χ0) is 10.1. The van der Waals surface area contributed by atoms with Crippen LogP contribution in [-0.4, -0.2) is 18.3 Å². The molecule has 0 bridgehead atoms. The van der Waals surface area contributed by atoms with Crippen LogP contribution >= 0.6 is 0 Å². The summed E-state index contributed by atoms with van der Waals surface area (Å²) in [6.45, 7) is 0.720. The van der Waals surface area contributed by atoms with E-state index in [-0.39, 0.29) is 0 Å². The van der Waals surface area contributed by atoms with Gasteiger partial charge in [0.2, 0.25) is 0 Å². The molecule has 0 N–H and O–H groups in total. The van der Waals surface area contributed by atoms with Gasteiger partial charge in [0.1, 0.15) is 6.10 Å². The molecule has 1 aromatic carbocycles. The quantitative estimate of drug-likeness (QED) is 0.706. The van der Waals surface area contributed by atoms with Crippen molar-refractivity contribution in [2.45, 2.75) is 44.2 Å². The highest BCUT2D eigenvalue weighted by Gasteiger charge is 2.47. The van der Waals surface area contributed by atoms with Crippen molar-refractivity contribution >= 4 is 0 Å². The van der Waals surface area contributed by atoms with E-state index in [0.29, 0.717) is 18.3 Å². The fraction of sp³-hybridized carbons (Fsp3) is 0.538. The van der Waals surface area contributed by atoms with Crippen LogP contribution in [0.4, 0.5) is 0 Å². The van der Waals surface area contributed by atoms with Crippen molar-refractivity contribution in [1.82, 2.24) is 0 Å². The second-order valence-corrected chi connectivity index (χ2v) is 4.41. The third kappa shape index (κ3) is 2.06. The van der Waals surface area contributed by atoms with E-state index in [0.717, 1.165) is 13.0 Å².